The van der Waals surface area contributed by atoms with Gasteiger partial charge in [0.15, 0.2) is 0 Å². The molecule has 0 bridgehead atoms. The van der Waals surface area contributed by atoms with Gasteiger partial charge in [-0.25, -0.2) is 0 Å². The Morgan fingerprint density at radius 1 is 0.737 bits per heavy atom. The summed E-state index contributed by atoms with van der Waals surface area (Å²) in [5, 5.41) is 3.31. The van der Waals surface area contributed by atoms with Gasteiger partial charge in [-0.05, 0) is 92.8 Å². The number of amides is 4. The van der Waals surface area contributed by atoms with Crippen LogP contribution in [0.3, 0.4) is 0 Å². The van der Waals surface area contributed by atoms with Gasteiger partial charge in [0.25, 0.3) is 32.1 Å². The maximum atomic E-state index is 11.5. The largest absolute Gasteiger partial charge is 0.297 e. The SMILES string of the molecule is CC(C)(C)N1C(=O)CCC1=O.CC(C)Br.CC(C)C.CC(C)N1C(=O)C=CC1=O.CC(C)N=[N+]=[N-].CC(C)OS(C)(=O)=O.Cc1ccc(S(=O)(=O)OC(C)C)cc1. The molecule has 0 atom stereocenters. The standard InChI is InChI=1S/C10H14O3S.C8H13NO2.C7H9NO2.C4H10O3S.C4H10.C3H7Br.C3H7N3/c1-8(2)13-14(11,12)10-6-4-9(3)5-7-10;1-8(2,3)9-6(10)4-5-7(9)11;1-5(2)8-6(9)3-4-7(8)10;1-4(2)7-8(3,5)6;1-4(2)3;1-3(2)4;1-3(2)5-6-4/h4-8H,1-3H3;4-5H2,1-3H3;3-5H,1-2H3;4H,1-3H3;4H,1-3H3;3H,1-2H3;3H,1-2H3. The van der Waals surface area contributed by atoms with Gasteiger partial charge in [0.1, 0.15) is 0 Å². The fourth-order valence-electron chi connectivity index (χ4n) is 3.71. The summed E-state index contributed by atoms with van der Waals surface area (Å²) < 4.78 is 52.7. The minimum atomic E-state index is -3.58. The fraction of sp³-hybridized carbons (Fsp3) is 0.692. The topological polar surface area (TPSA) is 210 Å². The zero-order valence-corrected chi connectivity index (χ0v) is 40.6. The summed E-state index contributed by atoms with van der Waals surface area (Å²) in [5.41, 5.74) is 8.37. The number of rotatable bonds is 7. The lowest BCUT2D eigenvalue weighted by Crippen LogP contribution is -2.44. The monoisotopic (exact) mass is 911 g/mol. The van der Waals surface area contributed by atoms with Crippen LogP contribution in [-0.2, 0) is 47.8 Å². The molecule has 1 saturated heterocycles. The molecule has 4 amide bonds. The highest BCUT2D eigenvalue weighted by Crippen LogP contribution is 2.22. The Hall–Kier alpha value is -3.15. The molecule has 0 aliphatic carbocycles. The van der Waals surface area contributed by atoms with Gasteiger partial charge in [-0.3, -0.25) is 37.3 Å². The molecule has 0 aromatic heterocycles. The van der Waals surface area contributed by atoms with Gasteiger partial charge in [0.05, 0.1) is 23.4 Å². The van der Waals surface area contributed by atoms with Crippen molar-refractivity contribution >= 4 is 59.8 Å². The van der Waals surface area contributed by atoms with E-state index in [0.29, 0.717) is 17.7 Å². The van der Waals surface area contributed by atoms with Crippen molar-refractivity contribution in [3.63, 3.8) is 0 Å². The molecule has 57 heavy (non-hydrogen) atoms. The smallest absolute Gasteiger partial charge is 0.277 e. The van der Waals surface area contributed by atoms with Crippen LogP contribution in [0.25, 0.3) is 10.4 Å². The van der Waals surface area contributed by atoms with Crippen LogP contribution in [0.1, 0.15) is 129 Å². The quantitative estimate of drug-likeness (QED) is 0.0633. The van der Waals surface area contributed by atoms with Gasteiger partial charge >= 0.3 is 0 Å². The third-order valence-corrected chi connectivity index (χ3v) is 7.58. The highest BCUT2D eigenvalue weighted by Gasteiger charge is 2.36. The summed E-state index contributed by atoms with van der Waals surface area (Å²) in [4.78, 5) is 49.9. The second kappa shape index (κ2) is 30.0. The Morgan fingerprint density at radius 3 is 1.26 bits per heavy atom. The van der Waals surface area contributed by atoms with Gasteiger partial charge in [0.2, 0.25) is 11.8 Å². The normalized spacial score (nSPS) is 13.7. The zero-order valence-electron chi connectivity index (χ0n) is 37.4. The molecule has 0 radical (unpaired) electrons. The molecule has 2 aliphatic rings. The van der Waals surface area contributed by atoms with Crippen molar-refractivity contribution < 1.29 is 44.4 Å². The predicted octanol–water partition coefficient (Wildman–Crippen LogP) is 8.89. The van der Waals surface area contributed by atoms with Crippen molar-refractivity contribution in [1.29, 1.82) is 0 Å². The summed E-state index contributed by atoms with van der Waals surface area (Å²) in [7, 11) is -6.80. The Morgan fingerprint density at radius 2 is 1.09 bits per heavy atom. The number of benzene rings is 1. The van der Waals surface area contributed by atoms with Crippen LogP contribution in [0.4, 0.5) is 0 Å². The highest BCUT2D eigenvalue weighted by molar-refractivity contribution is 9.09. The first-order chi connectivity index (χ1) is 25.6. The van der Waals surface area contributed by atoms with E-state index < -0.39 is 20.2 Å². The van der Waals surface area contributed by atoms with E-state index in [2.05, 4.69) is 64.8 Å². The molecule has 1 fully saturated rings. The van der Waals surface area contributed by atoms with Crippen molar-refractivity contribution in [3.8, 4) is 0 Å². The van der Waals surface area contributed by atoms with Gasteiger partial charge in [0, 0.05) is 52.4 Å². The van der Waals surface area contributed by atoms with Crippen molar-refractivity contribution in [2.75, 3.05) is 6.26 Å². The molecule has 15 nitrogen and oxygen atoms in total. The third-order valence-electron chi connectivity index (χ3n) is 5.36. The van der Waals surface area contributed by atoms with Crippen molar-refractivity contribution in [3.05, 3.63) is 52.4 Å². The van der Waals surface area contributed by atoms with E-state index in [0.717, 1.165) is 17.7 Å². The summed E-state index contributed by atoms with van der Waals surface area (Å²) in [6.07, 6.45) is 3.82. The van der Waals surface area contributed by atoms with E-state index >= 15 is 0 Å². The maximum Gasteiger partial charge on any atom is 0.297 e. The Balaban J connectivity index is -0.000000300. The van der Waals surface area contributed by atoms with Gasteiger partial charge in [-0.1, -0.05) is 87.2 Å². The number of likely N-dealkylation sites (tertiary alicyclic amines) is 1. The van der Waals surface area contributed by atoms with Crippen LogP contribution in [0.15, 0.2) is 46.4 Å². The number of carbonyl (C=O) groups excluding carboxylic acids is 4. The highest BCUT2D eigenvalue weighted by atomic mass is 79.9. The molecule has 0 saturated carbocycles. The third kappa shape index (κ3) is 35.7. The molecule has 0 unspecified atom stereocenters. The van der Waals surface area contributed by atoms with Crippen LogP contribution >= 0.6 is 15.9 Å². The van der Waals surface area contributed by atoms with Crippen LogP contribution in [0, 0.1) is 12.8 Å². The molecule has 1 aromatic carbocycles. The van der Waals surface area contributed by atoms with Gasteiger partial charge < -0.3 is 0 Å². The fourth-order valence-corrected chi connectivity index (χ4v) is 5.50. The Kier molecular flexibility index (Phi) is 31.8. The lowest BCUT2D eigenvalue weighted by molar-refractivity contribution is -0.144. The first-order valence-electron chi connectivity index (χ1n) is 18.6. The number of imide groups is 2. The van der Waals surface area contributed by atoms with E-state index in [1.165, 1.54) is 22.0 Å². The molecule has 3 rings (SSSR count). The van der Waals surface area contributed by atoms with E-state index in [9.17, 15) is 36.0 Å². The van der Waals surface area contributed by atoms with Crippen molar-refractivity contribution in [2.45, 2.75) is 170 Å². The minimum absolute atomic E-state index is 0.0324. The minimum Gasteiger partial charge on any atom is -0.277 e. The molecule has 2 aliphatic heterocycles. The first-order valence-corrected chi connectivity index (χ1v) is 22.7. The molecule has 330 valence electrons. The van der Waals surface area contributed by atoms with Crippen molar-refractivity contribution in [2.24, 2.45) is 11.0 Å². The van der Waals surface area contributed by atoms with E-state index in [4.69, 9.17) is 9.71 Å². The van der Waals surface area contributed by atoms with Crippen LogP contribution in [0.2, 0.25) is 0 Å². The number of nitrogens with zero attached hydrogens (tertiary/aromatic N) is 5. The molecular formula is C39H70BrN5O10S2. The average Bonchev–Trinajstić information content (AvgIpc) is 3.51. The Labute approximate surface area is 352 Å². The van der Waals surface area contributed by atoms with Crippen molar-refractivity contribution in [1.82, 2.24) is 9.80 Å². The molecular weight excluding hydrogens is 842 g/mol. The lowest BCUT2D eigenvalue weighted by atomic mass is 10.1. The van der Waals surface area contributed by atoms with Crippen LogP contribution < -0.4 is 0 Å². The molecule has 2 heterocycles. The lowest BCUT2D eigenvalue weighted by Gasteiger charge is -2.29. The first kappa shape index (κ1) is 60.5. The summed E-state index contributed by atoms with van der Waals surface area (Å²) in [6, 6.07) is 6.66. The Bertz CT molecular complexity index is 1600. The predicted molar refractivity (Wildman–Crippen MR) is 231 cm³/mol. The average molecular weight is 913 g/mol. The summed E-state index contributed by atoms with van der Waals surface area (Å²) in [6.45, 7) is 32.2. The molecule has 18 heteroatoms. The van der Waals surface area contributed by atoms with E-state index in [1.807, 2.05) is 55.4 Å². The number of azide groups is 1. The maximum absolute atomic E-state index is 11.5. The number of carbonyl (C=O) groups is 4. The number of hydrogen-bond acceptors (Lipinski definition) is 11. The number of hydrogen-bond donors (Lipinski definition) is 0. The number of halogens is 1. The molecule has 0 spiro atoms. The second-order valence-electron chi connectivity index (χ2n) is 15.6. The van der Waals surface area contributed by atoms with Crippen LogP contribution in [0.5, 0.6) is 0 Å². The van der Waals surface area contributed by atoms with Crippen LogP contribution in [-0.4, -0.2) is 91.2 Å². The van der Waals surface area contributed by atoms with E-state index in [-0.39, 0.29) is 58.4 Å². The number of alkyl halides is 1. The number of aryl methyl sites for hydroxylation is 1. The summed E-state index contributed by atoms with van der Waals surface area (Å²) >= 11 is 3.27. The molecule has 0 N–H and O–H groups in total. The van der Waals surface area contributed by atoms with Gasteiger partial charge in [-0.15, -0.1) is 0 Å². The van der Waals surface area contributed by atoms with E-state index in [1.54, 1.807) is 52.0 Å². The molecule has 1 aromatic rings. The van der Waals surface area contributed by atoms with Gasteiger partial charge in [-0.2, -0.15) is 16.8 Å². The second-order valence-corrected chi connectivity index (χ2v) is 20.6. The zero-order chi connectivity index (χ0) is 46.1. The summed E-state index contributed by atoms with van der Waals surface area (Å²) in [5.74, 6) is 0.338.